The van der Waals surface area contributed by atoms with Crippen molar-refractivity contribution in [3.8, 4) is 11.5 Å². The number of hydrogen-bond donors (Lipinski definition) is 2. The third kappa shape index (κ3) is 3.30. The normalized spacial score (nSPS) is 10.5. The van der Waals surface area contributed by atoms with Crippen molar-refractivity contribution in [1.29, 1.82) is 0 Å². The van der Waals surface area contributed by atoms with Crippen molar-refractivity contribution in [3.05, 3.63) is 59.4 Å². The number of rotatable bonds is 5. The summed E-state index contributed by atoms with van der Waals surface area (Å²) in [5.41, 5.74) is 7.09. The van der Waals surface area contributed by atoms with Crippen LogP contribution >= 0.6 is 0 Å². The molecule has 0 unspecified atom stereocenters. The Morgan fingerprint density at radius 3 is 2.53 bits per heavy atom. The highest BCUT2D eigenvalue weighted by Crippen LogP contribution is 2.28. The van der Waals surface area contributed by atoms with Crippen LogP contribution < -0.4 is 10.5 Å². The first-order valence-corrected chi connectivity index (χ1v) is 6.09. The summed E-state index contributed by atoms with van der Waals surface area (Å²) in [5.74, 6) is 0.851. The molecule has 0 aliphatic heterocycles. The minimum Gasteiger partial charge on any atom is -0.457 e. The summed E-state index contributed by atoms with van der Waals surface area (Å²) in [6.07, 6.45) is 0.509. The highest BCUT2D eigenvalue weighted by atomic mass is 19.1. The molecule has 0 spiro atoms. The maximum atomic E-state index is 13.1. The number of para-hydroxylation sites is 1. The van der Waals surface area contributed by atoms with E-state index in [1.54, 1.807) is 6.07 Å². The molecule has 4 heteroatoms. The van der Waals surface area contributed by atoms with E-state index in [9.17, 15) is 4.39 Å². The van der Waals surface area contributed by atoms with Crippen LogP contribution in [-0.4, -0.2) is 11.7 Å². The van der Waals surface area contributed by atoms with Gasteiger partial charge >= 0.3 is 0 Å². The summed E-state index contributed by atoms with van der Waals surface area (Å²) in [6, 6.07) is 11.7. The number of nitrogens with two attached hydrogens (primary N) is 1. The molecular formula is C15H16FNO2. The van der Waals surface area contributed by atoms with Crippen LogP contribution in [-0.2, 0) is 13.0 Å². The van der Waals surface area contributed by atoms with Crippen molar-refractivity contribution in [2.75, 3.05) is 6.61 Å². The lowest BCUT2D eigenvalue weighted by atomic mass is 10.1. The van der Waals surface area contributed by atoms with Crippen molar-refractivity contribution in [2.45, 2.75) is 13.0 Å². The number of ether oxygens (including phenoxy) is 1. The Kier molecular flexibility index (Phi) is 4.49. The van der Waals surface area contributed by atoms with Gasteiger partial charge in [-0.2, -0.15) is 0 Å². The molecule has 0 heterocycles. The number of aliphatic hydroxyl groups excluding tert-OH is 1. The second kappa shape index (κ2) is 6.31. The quantitative estimate of drug-likeness (QED) is 0.869. The maximum Gasteiger partial charge on any atom is 0.132 e. The van der Waals surface area contributed by atoms with Gasteiger partial charge in [0, 0.05) is 18.7 Å². The van der Waals surface area contributed by atoms with Crippen LogP contribution in [0.2, 0.25) is 0 Å². The van der Waals surface area contributed by atoms with Gasteiger partial charge in [-0.3, -0.25) is 0 Å². The minimum atomic E-state index is -0.337. The van der Waals surface area contributed by atoms with Crippen molar-refractivity contribution in [1.82, 2.24) is 0 Å². The Hall–Kier alpha value is -1.91. The average molecular weight is 261 g/mol. The predicted octanol–water partition coefficient (Wildman–Crippen LogP) is 2.61. The van der Waals surface area contributed by atoms with Crippen LogP contribution in [0, 0.1) is 5.82 Å². The number of hydrogen-bond acceptors (Lipinski definition) is 3. The van der Waals surface area contributed by atoms with E-state index in [1.165, 1.54) is 12.1 Å². The molecule has 2 rings (SSSR count). The second-order valence-electron chi connectivity index (χ2n) is 4.14. The average Bonchev–Trinajstić information content (AvgIpc) is 2.43. The van der Waals surface area contributed by atoms with Gasteiger partial charge in [0.15, 0.2) is 0 Å². The molecule has 0 radical (unpaired) electrons. The Morgan fingerprint density at radius 2 is 1.79 bits per heavy atom. The van der Waals surface area contributed by atoms with Crippen LogP contribution in [0.4, 0.5) is 4.39 Å². The van der Waals surface area contributed by atoms with E-state index in [0.29, 0.717) is 23.5 Å². The third-order valence-electron chi connectivity index (χ3n) is 2.82. The van der Waals surface area contributed by atoms with E-state index in [0.717, 1.165) is 5.56 Å². The molecule has 0 aromatic heterocycles. The Balaban J connectivity index is 2.30. The van der Waals surface area contributed by atoms with Crippen molar-refractivity contribution in [2.24, 2.45) is 5.73 Å². The molecule has 0 bridgehead atoms. The monoisotopic (exact) mass is 261 g/mol. The van der Waals surface area contributed by atoms with Gasteiger partial charge in [0.25, 0.3) is 0 Å². The van der Waals surface area contributed by atoms with Gasteiger partial charge in [-0.05, 0) is 36.2 Å². The van der Waals surface area contributed by atoms with Crippen molar-refractivity contribution < 1.29 is 14.2 Å². The molecule has 2 aromatic rings. The molecule has 0 saturated heterocycles. The number of benzene rings is 2. The molecule has 2 aromatic carbocycles. The minimum absolute atomic E-state index is 0.0491. The highest BCUT2D eigenvalue weighted by molar-refractivity contribution is 5.41. The maximum absolute atomic E-state index is 13.1. The first-order valence-electron chi connectivity index (χ1n) is 6.09. The topological polar surface area (TPSA) is 55.5 Å². The van der Waals surface area contributed by atoms with Crippen LogP contribution in [0.5, 0.6) is 11.5 Å². The molecule has 3 N–H and O–H groups in total. The lowest BCUT2D eigenvalue weighted by molar-refractivity contribution is 0.298. The van der Waals surface area contributed by atoms with Crippen LogP contribution in [0.25, 0.3) is 0 Å². The zero-order chi connectivity index (χ0) is 13.7. The second-order valence-corrected chi connectivity index (χ2v) is 4.14. The van der Waals surface area contributed by atoms with E-state index < -0.39 is 0 Å². The first kappa shape index (κ1) is 13.5. The van der Waals surface area contributed by atoms with Gasteiger partial charge < -0.3 is 15.6 Å². The molecule has 0 aliphatic carbocycles. The van der Waals surface area contributed by atoms with Gasteiger partial charge in [-0.25, -0.2) is 4.39 Å². The number of aliphatic hydroxyl groups is 1. The zero-order valence-corrected chi connectivity index (χ0v) is 10.5. The molecule has 19 heavy (non-hydrogen) atoms. The highest BCUT2D eigenvalue weighted by Gasteiger charge is 2.08. The summed E-state index contributed by atoms with van der Waals surface area (Å²) >= 11 is 0. The Morgan fingerprint density at radius 1 is 1.05 bits per heavy atom. The van der Waals surface area contributed by atoms with Crippen molar-refractivity contribution in [3.63, 3.8) is 0 Å². The molecule has 3 nitrogen and oxygen atoms in total. The Bertz CT molecular complexity index is 558. The summed E-state index contributed by atoms with van der Waals surface area (Å²) in [4.78, 5) is 0. The summed E-state index contributed by atoms with van der Waals surface area (Å²) in [5, 5.41) is 9.02. The fraction of sp³-hybridized carbons (Fsp3) is 0.200. The molecule has 0 fully saturated rings. The van der Waals surface area contributed by atoms with Gasteiger partial charge in [0.2, 0.25) is 0 Å². The van der Waals surface area contributed by atoms with Gasteiger partial charge in [0.1, 0.15) is 17.3 Å². The first-order chi connectivity index (χ1) is 9.24. The summed E-state index contributed by atoms with van der Waals surface area (Å²) < 4.78 is 18.9. The van der Waals surface area contributed by atoms with Crippen LogP contribution in [0.1, 0.15) is 11.1 Å². The van der Waals surface area contributed by atoms with E-state index in [4.69, 9.17) is 15.6 Å². The van der Waals surface area contributed by atoms with E-state index in [2.05, 4.69) is 0 Å². The lowest BCUT2D eigenvalue weighted by Crippen LogP contribution is -2.01. The molecular weight excluding hydrogens is 245 g/mol. The largest absolute Gasteiger partial charge is 0.457 e. The van der Waals surface area contributed by atoms with Crippen LogP contribution in [0.3, 0.4) is 0 Å². The third-order valence-corrected chi connectivity index (χ3v) is 2.82. The van der Waals surface area contributed by atoms with Crippen LogP contribution in [0.15, 0.2) is 42.5 Å². The fourth-order valence-electron chi connectivity index (χ4n) is 1.86. The smallest absolute Gasteiger partial charge is 0.132 e. The van der Waals surface area contributed by atoms with E-state index in [-0.39, 0.29) is 19.0 Å². The molecule has 0 atom stereocenters. The fourth-order valence-corrected chi connectivity index (χ4v) is 1.86. The SMILES string of the molecule is NCc1cc(F)ccc1Oc1ccccc1CCO. The number of halogens is 1. The van der Waals surface area contributed by atoms with Gasteiger partial charge in [-0.15, -0.1) is 0 Å². The standard InChI is InChI=1S/C15H16FNO2/c16-13-5-6-15(12(9-13)10-17)19-14-4-2-1-3-11(14)7-8-18/h1-6,9,18H,7-8,10,17H2. The van der Waals surface area contributed by atoms with Gasteiger partial charge in [0.05, 0.1) is 0 Å². The molecule has 0 aliphatic rings. The van der Waals surface area contributed by atoms with E-state index >= 15 is 0 Å². The van der Waals surface area contributed by atoms with Crippen molar-refractivity contribution >= 4 is 0 Å². The van der Waals surface area contributed by atoms with Gasteiger partial charge in [-0.1, -0.05) is 18.2 Å². The predicted molar refractivity (Wildman–Crippen MR) is 71.6 cm³/mol. The lowest BCUT2D eigenvalue weighted by Gasteiger charge is -2.13. The molecule has 100 valence electrons. The summed E-state index contributed by atoms with van der Waals surface area (Å²) in [7, 11) is 0. The Labute approximate surface area is 111 Å². The zero-order valence-electron chi connectivity index (χ0n) is 10.5. The summed E-state index contributed by atoms with van der Waals surface area (Å²) in [6.45, 7) is 0.253. The molecule has 0 saturated carbocycles. The van der Waals surface area contributed by atoms with E-state index in [1.807, 2.05) is 24.3 Å². The molecule has 0 amide bonds.